The molecule has 5 nitrogen and oxygen atoms in total. The summed E-state index contributed by atoms with van der Waals surface area (Å²) in [7, 11) is 0. The lowest BCUT2D eigenvalue weighted by Crippen LogP contribution is -2.32. The fourth-order valence-corrected chi connectivity index (χ4v) is 2.51. The largest absolute Gasteiger partial charge is 0.491 e. The van der Waals surface area contributed by atoms with E-state index in [2.05, 4.69) is 30.5 Å². The third-order valence-electron chi connectivity index (χ3n) is 3.68. The minimum Gasteiger partial charge on any atom is -0.491 e. The molecular formula is C21H28N2O3. The van der Waals surface area contributed by atoms with Gasteiger partial charge in [0.05, 0.1) is 18.3 Å². The number of nitrogens with one attached hydrogen (secondary N) is 2. The first-order chi connectivity index (χ1) is 12.5. The number of rotatable bonds is 8. The van der Waals surface area contributed by atoms with Crippen LogP contribution in [0.1, 0.15) is 39.2 Å². The summed E-state index contributed by atoms with van der Waals surface area (Å²) >= 11 is 0. The Kier molecular flexibility index (Phi) is 7.33. The molecule has 5 heteroatoms. The van der Waals surface area contributed by atoms with E-state index in [9.17, 15) is 4.79 Å². The Morgan fingerprint density at radius 3 is 2.31 bits per heavy atom. The van der Waals surface area contributed by atoms with Gasteiger partial charge in [0.15, 0.2) is 0 Å². The number of amides is 2. The lowest BCUT2D eigenvalue weighted by molar-refractivity contribution is 0.240. The number of hydrogen-bond acceptors (Lipinski definition) is 3. The van der Waals surface area contributed by atoms with Gasteiger partial charge in [0, 0.05) is 0 Å². The van der Waals surface area contributed by atoms with E-state index < -0.39 is 0 Å². The number of anilines is 1. The highest BCUT2D eigenvalue weighted by Gasteiger charge is 2.09. The molecule has 0 aliphatic rings. The van der Waals surface area contributed by atoms with Gasteiger partial charge in [-0.15, -0.1) is 0 Å². The first-order valence-corrected chi connectivity index (χ1v) is 8.99. The maximum atomic E-state index is 12.1. The second-order valence-corrected chi connectivity index (χ2v) is 6.58. The number of benzene rings is 2. The van der Waals surface area contributed by atoms with E-state index in [0.717, 1.165) is 11.3 Å². The molecule has 0 spiro atoms. The van der Waals surface area contributed by atoms with Crippen molar-refractivity contribution in [3.8, 4) is 11.5 Å². The minimum atomic E-state index is -0.287. The Morgan fingerprint density at radius 1 is 0.962 bits per heavy atom. The molecule has 140 valence electrons. The minimum absolute atomic E-state index is 0.0374. The lowest BCUT2D eigenvalue weighted by atomic mass is 10.0. The van der Waals surface area contributed by atoms with Gasteiger partial charge < -0.3 is 20.1 Å². The molecule has 0 aliphatic carbocycles. The van der Waals surface area contributed by atoms with Crippen molar-refractivity contribution >= 4 is 11.7 Å². The zero-order valence-electron chi connectivity index (χ0n) is 15.9. The monoisotopic (exact) mass is 356 g/mol. The standard InChI is InChI=1S/C21H28N2O3/c1-15(2)17-9-5-7-11-19(17)25-14-13-22-21(24)23-18-10-6-8-12-20(18)26-16(3)4/h5-12,15-16H,13-14H2,1-4H3,(H2,22,23,24). The Bertz CT molecular complexity index is 714. The first kappa shape index (κ1) is 19.6. The summed E-state index contributed by atoms with van der Waals surface area (Å²) in [4.78, 5) is 12.1. The van der Waals surface area contributed by atoms with Gasteiger partial charge in [-0.1, -0.05) is 44.2 Å². The second kappa shape index (κ2) is 9.70. The van der Waals surface area contributed by atoms with Crippen LogP contribution in [0, 0.1) is 0 Å². The SMILES string of the molecule is CC(C)Oc1ccccc1NC(=O)NCCOc1ccccc1C(C)C. The van der Waals surface area contributed by atoms with E-state index in [0.29, 0.717) is 30.5 Å². The summed E-state index contributed by atoms with van der Waals surface area (Å²) in [5.41, 5.74) is 1.81. The number of carbonyl (C=O) groups is 1. The van der Waals surface area contributed by atoms with Gasteiger partial charge in [-0.25, -0.2) is 4.79 Å². The molecule has 2 aromatic carbocycles. The molecule has 2 rings (SSSR count). The van der Waals surface area contributed by atoms with Gasteiger partial charge in [-0.3, -0.25) is 0 Å². The van der Waals surface area contributed by atoms with Gasteiger partial charge in [0.1, 0.15) is 18.1 Å². The molecule has 0 bridgehead atoms. The molecule has 0 saturated carbocycles. The average Bonchev–Trinajstić information content (AvgIpc) is 2.60. The predicted octanol–water partition coefficient (Wildman–Crippen LogP) is 4.80. The van der Waals surface area contributed by atoms with Crippen LogP contribution in [0.25, 0.3) is 0 Å². The molecule has 26 heavy (non-hydrogen) atoms. The van der Waals surface area contributed by atoms with Gasteiger partial charge in [-0.05, 0) is 43.5 Å². The molecule has 0 radical (unpaired) electrons. The van der Waals surface area contributed by atoms with Gasteiger partial charge in [-0.2, -0.15) is 0 Å². The van der Waals surface area contributed by atoms with Crippen LogP contribution in [0.3, 0.4) is 0 Å². The molecule has 2 aromatic rings. The van der Waals surface area contributed by atoms with Crippen LogP contribution in [0.2, 0.25) is 0 Å². The van der Waals surface area contributed by atoms with Gasteiger partial charge in [0.25, 0.3) is 0 Å². The smallest absolute Gasteiger partial charge is 0.319 e. The highest BCUT2D eigenvalue weighted by atomic mass is 16.5. The van der Waals surface area contributed by atoms with Crippen molar-refractivity contribution in [1.29, 1.82) is 0 Å². The van der Waals surface area contributed by atoms with E-state index in [-0.39, 0.29) is 12.1 Å². The molecule has 0 fully saturated rings. The van der Waals surface area contributed by atoms with E-state index in [4.69, 9.17) is 9.47 Å². The molecule has 0 saturated heterocycles. The molecule has 0 unspecified atom stereocenters. The number of carbonyl (C=O) groups excluding carboxylic acids is 1. The van der Waals surface area contributed by atoms with Crippen molar-refractivity contribution < 1.29 is 14.3 Å². The zero-order valence-corrected chi connectivity index (χ0v) is 15.9. The zero-order chi connectivity index (χ0) is 18.9. The second-order valence-electron chi connectivity index (χ2n) is 6.58. The van der Waals surface area contributed by atoms with Crippen molar-refractivity contribution in [1.82, 2.24) is 5.32 Å². The van der Waals surface area contributed by atoms with Crippen LogP contribution in [0.15, 0.2) is 48.5 Å². The highest BCUT2D eigenvalue weighted by Crippen LogP contribution is 2.26. The molecule has 0 heterocycles. The quantitative estimate of drug-likeness (QED) is 0.668. The third-order valence-corrected chi connectivity index (χ3v) is 3.68. The molecule has 0 aromatic heterocycles. The summed E-state index contributed by atoms with van der Waals surface area (Å²) in [6, 6.07) is 15.1. The molecule has 2 amide bonds. The van der Waals surface area contributed by atoms with Crippen LogP contribution >= 0.6 is 0 Å². The van der Waals surface area contributed by atoms with Crippen molar-refractivity contribution in [3.05, 3.63) is 54.1 Å². The lowest BCUT2D eigenvalue weighted by Gasteiger charge is -2.16. The van der Waals surface area contributed by atoms with E-state index >= 15 is 0 Å². The van der Waals surface area contributed by atoms with Crippen molar-refractivity contribution in [2.75, 3.05) is 18.5 Å². The Balaban J connectivity index is 1.82. The maximum absolute atomic E-state index is 12.1. The summed E-state index contributed by atoms with van der Waals surface area (Å²) in [6.07, 6.45) is 0.0374. The van der Waals surface area contributed by atoms with E-state index in [1.54, 1.807) is 0 Å². The normalized spacial score (nSPS) is 10.7. The van der Waals surface area contributed by atoms with Crippen LogP contribution < -0.4 is 20.1 Å². The predicted molar refractivity (Wildman–Crippen MR) is 105 cm³/mol. The Morgan fingerprint density at radius 2 is 1.62 bits per heavy atom. The summed E-state index contributed by atoms with van der Waals surface area (Å²) in [5.74, 6) is 1.90. The van der Waals surface area contributed by atoms with Gasteiger partial charge >= 0.3 is 6.03 Å². The van der Waals surface area contributed by atoms with Crippen molar-refractivity contribution in [2.24, 2.45) is 0 Å². The molecule has 0 aliphatic heterocycles. The van der Waals surface area contributed by atoms with Crippen LogP contribution in [-0.2, 0) is 0 Å². The first-order valence-electron chi connectivity index (χ1n) is 8.99. The number of urea groups is 1. The van der Waals surface area contributed by atoms with E-state index in [1.807, 2.05) is 56.3 Å². The number of hydrogen-bond donors (Lipinski definition) is 2. The summed E-state index contributed by atoms with van der Waals surface area (Å²) in [5, 5.41) is 5.61. The molecular weight excluding hydrogens is 328 g/mol. The molecule has 2 N–H and O–H groups in total. The van der Waals surface area contributed by atoms with Crippen molar-refractivity contribution in [2.45, 2.75) is 39.7 Å². The Hall–Kier alpha value is -2.69. The highest BCUT2D eigenvalue weighted by molar-refractivity contribution is 5.90. The van der Waals surface area contributed by atoms with Gasteiger partial charge in [0.2, 0.25) is 0 Å². The van der Waals surface area contributed by atoms with E-state index in [1.165, 1.54) is 0 Å². The van der Waals surface area contributed by atoms with Crippen LogP contribution in [0.5, 0.6) is 11.5 Å². The maximum Gasteiger partial charge on any atom is 0.319 e. The number of para-hydroxylation sites is 3. The average molecular weight is 356 g/mol. The summed E-state index contributed by atoms with van der Waals surface area (Å²) in [6.45, 7) is 8.97. The fourth-order valence-electron chi connectivity index (χ4n) is 2.51. The Labute approximate surface area is 155 Å². The fraction of sp³-hybridized carbons (Fsp3) is 0.381. The van der Waals surface area contributed by atoms with Crippen molar-refractivity contribution in [3.63, 3.8) is 0 Å². The summed E-state index contributed by atoms with van der Waals surface area (Å²) < 4.78 is 11.5. The topological polar surface area (TPSA) is 59.6 Å². The van der Waals surface area contributed by atoms with Crippen LogP contribution in [-0.4, -0.2) is 25.3 Å². The third kappa shape index (κ3) is 5.99. The van der Waals surface area contributed by atoms with Crippen LogP contribution in [0.4, 0.5) is 10.5 Å². The molecule has 0 atom stereocenters. The number of ether oxygens (including phenoxy) is 2.